The van der Waals surface area contributed by atoms with Crippen molar-refractivity contribution in [1.29, 1.82) is 0 Å². The van der Waals surface area contributed by atoms with Crippen LogP contribution < -0.4 is 15.8 Å². The van der Waals surface area contributed by atoms with Crippen LogP contribution >= 0.6 is 24.0 Å². The van der Waals surface area contributed by atoms with Gasteiger partial charge >= 0.3 is 0 Å². The molecule has 4 nitrogen and oxygen atoms in total. The molecule has 1 aromatic rings. The van der Waals surface area contributed by atoms with E-state index in [0.717, 1.165) is 11.3 Å². The van der Waals surface area contributed by atoms with Crippen molar-refractivity contribution in [3.63, 3.8) is 0 Å². The Hall–Kier alpha value is -1.23. The molecule has 98 valence electrons. The van der Waals surface area contributed by atoms with Crippen LogP contribution in [0.5, 0.6) is 5.75 Å². The van der Waals surface area contributed by atoms with Crippen LogP contribution in [0.25, 0.3) is 6.08 Å². The van der Waals surface area contributed by atoms with Crippen LogP contribution in [-0.2, 0) is 4.79 Å². The molecule has 1 aliphatic rings. The molecular formula is C12H14Cl2N2O2. The van der Waals surface area contributed by atoms with E-state index >= 15 is 0 Å². The first-order valence-electron chi connectivity index (χ1n) is 5.32. The predicted octanol–water partition coefficient (Wildman–Crippen LogP) is 1.61. The Kier molecular flexibility index (Phi) is 5.47. The number of carbonyl (C=O) groups is 1. The van der Waals surface area contributed by atoms with E-state index in [1.807, 2.05) is 0 Å². The molecule has 2 rings (SSSR count). The third-order valence-corrected chi connectivity index (χ3v) is 2.64. The smallest absolute Gasteiger partial charge is 0.250 e. The lowest BCUT2D eigenvalue weighted by Crippen LogP contribution is -2.32. The molecule has 0 aliphatic carbocycles. The van der Waals surface area contributed by atoms with Crippen molar-refractivity contribution in [3.8, 4) is 5.75 Å². The van der Waals surface area contributed by atoms with Crippen LogP contribution in [0.3, 0.4) is 0 Å². The molecule has 0 unspecified atom stereocenters. The number of nitrogens with two attached hydrogens (primary N) is 1. The van der Waals surface area contributed by atoms with E-state index in [1.54, 1.807) is 24.3 Å². The number of ether oxygens (including phenoxy) is 1. The maximum absolute atomic E-state index is 11.7. The summed E-state index contributed by atoms with van der Waals surface area (Å²) in [5, 5.41) is 3.32. The Labute approximate surface area is 117 Å². The summed E-state index contributed by atoms with van der Waals surface area (Å²) < 4.78 is 5.47. The summed E-state index contributed by atoms with van der Waals surface area (Å²) in [6, 6.07) is 5.32. The molecule has 1 amide bonds. The molecule has 0 saturated heterocycles. The average Bonchev–Trinajstić information content (AvgIpc) is 2.35. The van der Waals surface area contributed by atoms with E-state index < -0.39 is 0 Å². The largest absolute Gasteiger partial charge is 0.488 e. The number of amides is 1. The number of hydrogen-bond acceptors (Lipinski definition) is 3. The second-order valence-corrected chi connectivity index (χ2v) is 4.12. The molecule has 6 heteroatoms. The Morgan fingerprint density at radius 3 is 3.00 bits per heavy atom. The van der Waals surface area contributed by atoms with Gasteiger partial charge in [-0.15, -0.1) is 12.4 Å². The summed E-state index contributed by atoms with van der Waals surface area (Å²) in [6.45, 7) is 1.14. The quantitative estimate of drug-likeness (QED) is 0.888. The lowest BCUT2D eigenvalue weighted by molar-refractivity contribution is -0.117. The maximum atomic E-state index is 11.7. The van der Waals surface area contributed by atoms with Gasteiger partial charge in [-0.25, -0.2) is 0 Å². The minimum atomic E-state index is -0.152. The number of rotatable bonds is 3. The number of hydrogen-bond donors (Lipinski definition) is 2. The number of benzene rings is 1. The Morgan fingerprint density at radius 1 is 1.50 bits per heavy atom. The molecule has 0 radical (unpaired) electrons. The lowest BCUT2D eigenvalue weighted by atomic mass is 10.1. The third-order valence-electron chi connectivity index (χ3n) is 2.41. The summed E-state index contributed by atoms with van der Waals surface area (Å²) >= 11 is 5.89. The van der Waals surface area contributed by atoms with Crippen molar-refractivity contribution in [2.45, 2.75) is 0 Å². The highest BCUT2D eigenvalue weighted by atomic mass is 35.5. The van der Waals surface area contributed by atoms with Gasteiger partial charge in [0.15, 0.2) is 0 Å². The highest BCUT2D eigenvalue weighted by Crippen LogP contribution is 2.28. The number of nitrogens with one attached hydrogen (secondary N) is 1. The minimum Gasteiger partial charge on any atom is -0.488 e. The molecule has 0 saturated carbocycles. The van der Waals surface area contributed by atoms with Crippen molar-refractivity contribution >= 4 is 36.0 Å². The second-order valence-electron chi connectivity index (χ2n) is 3.68. The molecular weight excluding hydrogens is 275 g/mol. The van der Waals surface area contributed by atoms with Crippen LogP contribution in [-0.4, -0.2) is 25.6 Å². The Bertz CT molecular complexity index is 475. The van der Waals surface area contributed by atoms with E-state index in [4.69, 9.17) is 22.1 Å². The standard InChI is InChI=1S/C12H13ClN2O2.ClH/c13-10-1-2-11-8(6-10)5-9(7-17-11)12(16)15-4-3-14;/h1-2,5-6H,3-4,7,14H2,(H,15,16);1H. The minimum absolute atomic E-state index is 0. The molecule has 18 heavy (non-hydrogen) atoms. The van der Waals surface area contributed by atoms with Gasteiger partial charge in [-0.2, -0.15) is 0 Å². The van der Waals surface area contributed by atoms with E-state index in [-0.39, 0.29) is 24.9 Å². The first-order valence-corrected chi connectivity index (χ1v) is 5.69. The Balaban J connectivity index is 0.00000162. The normalized spacial score (nSPS) is 12.7. The molecule has 0 bridgehead atoms. The van der Waals surface area contributed by atoms with E-state index in [1.165, 1.54) is 0 Å². The molecule has 0 fully saturated rings. The van der Waals surface area contributed by atoms with Crippen LogP contribution in [0.1, 0.15) is 5.56 Å². The van der Waals surface area contributed by atoms with Crippen molar-refractivity contribution in [1.82, 2.24) is 5.32 Å². The molecule has 0 aromatic heterocycles. The van der Waals surface area contributed by atoms with Gasteiger partial charge in [0, 0.05) is 23.7 Å². The summed E-state index contributed by atoms with van der Waals surface area (Å²) in [5.41, 5.74) is 6.72. The van der Waals surface area contributed by atoms with E-state index in [2.05, 4.69) is 5.32 Å². The summed E-state index contributed by atoms with van der Waals surface area (Å²) in [7, 11) is 0. The van der Waals surface area contributed by atoms with Gasteiger partial charge in [0.05, 0.1) is 5.57 Å². The maximum Gasteiger partial charge on any atom is 0.250 e. The molecule has 0 atom stereocenters. The fourth-order valence-corrected chi connectivity index (χ4v) is 1.76. The van der Waals surface area contributed by atoms with E-state index in [0.29, 0.717) is 23.7 Å². The Morgan fingerprint density at radius 2 is 2.28 bits per heavy atom. The zero-order valence-corrected chi connectivity index (χ0v) is 11.2. The molecule has 3 N–H and O–H groups in total. The fourth-order valence-electron chi connectivity index (χ4n) is 1.58. The van der Waals surface area contributed by atoms with Gasteiger partial charge < -0.3 is 15.8 Å². The second kappa shape index (κ2) is 6.64. The highest BCUT2D eigenvalue weighted by Gasteiger charge is 2.16. The summed E-state index contributed by atoms with van der Waals surface area (Å²) in [5.74, 6) is 0.589. The fraction of sp³-hybridized carbons (Fsp3) is 0.250. The van der Waals surface area contributed by atoms with Crippen molar-refractivity contribution in [3.05, 3.63) is 34.4 Å². The molecule has 1 aromatic carbocycles. The van der Waals surface area contributed by atoms with Gasteiger partial charge in [0.1, 0.15) is 12.4 Å². The van der Waals surface area contributed by atoms with Gasteiger partial charge in [-0.3, -0.25) is 4.79 Å². The SMILES string of the molecule is Cl.NCCNC(=O)C1=Cc2cc(Cl)ccc2OC1. The van der Waals surface area contributed by atoms with Crippen molar-refractivity contribution in [2.75, 3.05) is 19.7 Å². The number of halogens is 2. The third kappa shape index (κ3) is 3.38. The zero-order valence-electron chi connectivity index (χ0n) is 9.61. The van der Waals surface area contributed by atoms with Crippen molar-refractivity contribution in [2.24, 2.45) is 5.73 Å². The molecule has 1 heterocycles. The molecule has 1 aliphatic heterocycles. The summed E-state index contributed by atoms with van der Waals surface area (Å²) in [4.78, 5) is 11.7. The first kappa shape index (κ1) is 14.8. The molecule has 0 spiro atoms. The summed E-state index contributed by atoms with van der Waals surface area (Å²) in [6.07, 6.45) is 1.79. The first-order chi connectivity index (χ1) is 8.20. The van der Waals surface area contributed by atoms with E-state index in [9.17, 15) is 4.79 Å². The van der Waals surface area contributed by atoms with Gasteiger partial charge in [0.25, 0.3) is 5.91 Å². The van der Waals surface area contributed by atoms with Crippen molar-refractivity contribution < 1.29 is 9.53 Å². The van der Waals surface area contributed by atoms with Gasteiger partial charge in [0.2, 0.25) is 0 Å². The zero-order chi connectivity index (χ0) is 12.3. The van der Waals surface area contributed by atoms with Crippen LogP contribution in [0.15, 0.2) is 23.8 Å². The highest BCUT2D eigenvalue weighted by molar-refractivity contribution is 6.30. The predicted molar refractivity (Wildman–Crippen MR) is 74.2 cm³/mol. The topological polar surface area (TPSA) is 64.3 Å². The lowest BCUT2D eigenvalue weighted by Gasteiger charge is -2.17. The average molecular weight is 289 g/mol. The number of carbonyl (C=O) groups excluding carboxylic acids is 1. The monoisotopic (exact) mass is 288 g/mol. The van der Waals surface area contributed by atoms with Crippen LogP contribution in [0.2, 0.25) is 5.02 Å². The van der Waals surface area contributed by atoms with Gasteiger partial charge in [-0.05, 0) is 24.3 Å². The van der Waals surface area contributed by atoms with Crippen LogP contribution in [0.4, 0.5) is 0 Å². The van der Waals surface area contributed by atoms with Crippen LogP contribution in [0, 0.1) is 0 Å². The number of fused-ring (bicyclic) bond motifs is 1. The van der Waals surface area contributed by atoms with Gasteiger partial charge in [-0.1, -0.05) is 11.6 Å².